The molecule has 2 rings (SSSR count). The van der Waals surface area contributed by atoms with Crippen molar-refractivity contribution in [3.63, 3.8) is 0 Å². The van der Waals surface area contributed by atoms with E-state index in [2.05, 4.69) is 5.32 Å². The lowest BCUT2D eigenvalue weighted by Crippen LogP contribution is -2.11. The van der Waals surface area contributed by atoms with Crippen LogP contribution in [0.1, 0.15) is 12.0 Å². The van der Waals surface area contributed by atoms with Crippen LogP contribution in [0.15, 0.2) is 23.1 Å². The van der Waals surface area contributed by atoms with Crippen LogP contribution < -0.4 is 5.32 Å². The third-order valence-electron chi connectivity index (χ3n) is 2.17. The molecular weight excluding hydrogens is 239 g/mol. The van der Waals surface area contributed by atoms with E-state index >= 15 is 0 Å². The van der Waals surface area contributed by atoms with E-state index in [4.69, 9.17) is 0 Å². The van der Waals surface area contributed by atoms with E-state index in [9.17, 15) is 18.0 Å². The molecule has 2 nitrogen and oxygen atoms in total. The zero-order valence-corrected chi connectivity index (χ0v) is 8.91. The molecule has 1 N–H and O–H groups in total. The van der Waals surface area contributed by atoms with Gasteiger partial charge in [0.05, 0.1) is 11.3 Å². The van der Waals surface area contributed by atoms with Crippen LogP contribution in [0.4, 0.5) is 18.9 Å². The first kappa shape index (κ1) is 11.3. The minimum atomic E-state index is -4.38. The molecule has 16 heavy (non-hydrogen) atoms. The van der Waals surface area contributed by atoms with Gasteiger partial charge in [-0.1, -0.05) is 6.07 Å². The summed E-state index contributed by atoms with van der Waals surface area (Å²) in [5, 5.41) is 2.48. The van der Waals surface area contributed by atoms with Gasteiger partial charge in [-0.25, -0.2) is 0 Å². The maximum atomic E-state index is 12.7. The quantitative estimate of drug-likeness (QED) is 0.763. The fourth-order valence-corrected chi connectivity index (χ4v) is 2.58. The van der Waals surface area contributed by atoms with Crippen molar-refractivity contribution in [1.82, 2.24) is 0 Å². The third-order valence-corrected chi connectivity index (χ3v) is 3.31. The fraction of sp³-hybridized carbons (Fsp3) is 0.300. The number of fused-ring (bicyclic) bond motifs is 1. The predicted octanol–water partition coefficient (Wildman–Crippen LogP) is 3.14. The van der Waals surface area contributed by atoms with Gasteiger partial charge in [0.1, 0.15) is 0 Å². The molecule has 0 unspecified atom stereocenters. The van der Waals surface area contributed by atoms with Gasteiger partial charge in [0.2, 0.25) is 5.91 Å². The lowest BCUT2D eigenvalue weighted by Gasteiger charge is -2.13. The van der Waals surface area contributed by atoms with Crippen molar-refractivity contribution in [3.05, 3.63) is 23.8 Å². The van der Waals surface area contributed by atoms with Crippen LogP contribution in [0.3, 0.4) is 0 Å². The fourth-order valence-electron chi connectivity index (χ4n) is 1.47. The summed E-state index contributed by atoms with van der Waals surface area (Å²) in [5.74, 6) is 0.122. The second-order valence-corrected chi connectivity index (χ2v) is 4.43. The highest BCUT2D eigenvalue weighted by Crippen LogP contribution is 2.41. The summed E-state index contributed by atoms with van der Waals surface area (Å²) in [4.78, 5) is 11.3. The van der Waals surface area contributed by atoms with Gasteiger partial charge < -0.3 is 5.32 Å². The number of hydrogen-bond donors (Lipinski definition) is 1. The minimum Gasteiger partial charge on any atom is -0.325 e. The molecule has 0 aromatic heterocycles. The van der Waals surface area contributed by atoms with Crippen molar-refractivity contribution in [2.24, 2.45) is 0 Å². The summed E-state index contributed by atoms with van der Waals surface area (Å²) >= 11 is 1.06. The highest BCUT2D eigenvalue weighted by atomic mass is 32.2. The SMILES string of the molecule is O=C1CCSc2c(cccc2C(F)(F)F)N1. The Morgan fingerprint density at radius 3 is 2.75 bits per heavy atom. The number of carbonyl (C=O) groups is 1. The summed E-state index contributed by atoms with van der Waals surface area (Å²) < 4.78 is 38.0. The number of thioether (sulfide) groups is 1. The Bertz CT molecular complexity index is 431. The van der Waals surface area contributed by atoms with Crippen LogP contribution in [0.2, 0.25) is 0 Å². The first-order valence-corrected chi connectivity index (χ1v) is 5.60. The van der Waals surface area contributed by atoms with Crippen LogP contribution in [0.5, 0.6) is 0 Å². The monoisotopic (exact) mass is 247 g/mol. The molecule has 1 amide bonds. The van der Waals surface area contributed by atoms with Gasteiger partial charge in [0.15, 0.2) is 0 Å². The van der Waals surface area contributed by atoms with Crippen LogP contribution in [0.25, 0.3) is 0 Å². The molecule has 0 bridgehead atoms. The third kappa shape index (κ3) is 2.16. The van der Waals surface area contributed by atoms with Gasteiger partial charge in [-0.2, -0.15) is 13.2 Å². The van der Waals surface area contributed by atoms with Gasteiger partial charge in [0.25, 0.3) is 0 Å². The molecule has 0 aliphatic carbocycles. The summed E-state index contributed by atoms with van der Waals surface area (Å²) in [6.45, 7) is 0. The van der Waals surface area contributed by atoms with Gasteiger partial charge in [-0.3, -0.25) is 4.79 Å². The molecule has 6 heteroatoms. The number of alkyl halides is 3. The van der Waals surface area contributed by atoms with Gasteiger partial charge in [-0.05, 0) is 12.1 Å². The normalized spacial score (nSPS) is 16.3. The van der Waals surface area contributed by atoms with Crippen molar-refractivity contribution in [1.29, 1.82) is 0 Å². The zero-order valence-electron chi connectivity index (χ0n) is 8.10. The zero-order chi connectivity index (χ0) is 11.8. The Kier molecular flexibility index (Phi) is 2.84. The molecule has 1 aliphatic rings. The predicted molar refractivity (Wildman–Crippen MR) is 55.4 cm³/mol. The minimum absolute atomic E-state index is 0.112. The number of hydrogen-bond acceptors (Lipinski definition) is 2. The number of benzene rings is 1. The number of anilines is 1. The number of rotatable bonds is 0. The Balaban J connectivity index is 2.51. The molecule has 0 spiro atoms. The molecule has 0 radical (unpaired) electrons. The smallest absolute Gasteiger partial charge is 0.325 e. The first-order valence-electron chi connectivity index (χ1n) is 4.61. The first-order chi connectivity index (χ1) is 7.48. The summed E-state index contributed by atoms with van der Waals surface area (Å²) in [7, 11) is 0. The van der Waals surface area contributed by atoms with Crippen LogP contribution in [-0.2, 0) is 11.0 Å². The van der Waals surface area contributed by atoms with Gasteiger partial charge in [-0.15, -0.1) is 11.8 Å². The molecule has 1 aromatic rings. The van der Waals surface area contributed by atoms with Crippen molar-refractivity contribution in [2.45, 2.75) is 17.5 Å². The van der Waals surface area contributed by atoms with Crippen molar-refractivity contribution >= 4 is 23.4 Å². The van der Waals surface area contributed by atoms with Crippen LogP contribution in [0, 0.1) is 0 Å². The van der Waals surface area contributed by atoms with Crippen molar-refractivity contribution in [3.8, 4) is 0 Å². The van der Waals surface area contributed by atoms with E-state index in [1.165, 1.54) is 12.1 Å². The Labute approximate surface area is 94.2 Å². The maximum Gasteiger partial charge on any atom is 0.417 e. The van der Waals surface area contributed by atoms with Gasteiger partial charge >= 0.3 is 6.18 Å². The van der Waals surface area contributed by atoms with E-state index in [1.807, 2.05) is 0 Å². The summed E-state index contributed by atoms with van der Waals surface area (Å²) in [5.41, 5.74) is -0.431. The average Bonchev–Trinajstić information content (AvgIpc) is 2.35. The van der Waals surface area contributed by atoms with E-state index in [0.717, 1.165) is 17.8 Å². The lowest BCUT2D eigenvalue weighted by molar-refractivity contribution is -0.139. The molecule has 1 aromatic carbocycles. The highest BCUT2D eigenvalue weighted by Gasteiger charge is 2.35. The van der Waals surface area contributed by atoms with Crippen LogP contribution >= 0.6 is 11.8 Å². The van der Waals surface area contributed by atoms with E-state index in [1.54, 1.807) is 0 Å². The number of halogens is 3. The van der Waals surface area contributed by atoms with E-state index in [0.29, 0.717) is 5.75 Å². The molecule has 1 aliphatic heterocycles. The molecule has 0 saturated heterocycles. The Morgan fingerprint density at radius 1 is 1.31 bits per heavy atom. The molecule has 86 valence electrons. The van der Waals surface area contributed by atoms with Crippen LogP contribution in [-0.4, -0.2) is 11.7 Å². The van der Waals surface area contributed by atoms with E-state index < -0.39 is 11.7 Å². The second kappa shape index (κ2) is 4.01. The number of carbonyl (C=O) groups excluding carboxylic acids is 1. The number of nitrogens with one attached hydrogen (secondary N) is 1. The average molecular weight is 247 g/mol. The maximum absolute atomic E-state index is 12.7. The van der Waals surface area contributed by atoms with Gasteiger partial charge in [0, 0.05) is 17.1 Å². The molecule has 0 saturated carbocycles. The molecule has 0 atom stereocenters. The number of amides is 1. The molecule has 0 fully saturated rings. The largest absolute Gasteiger partial charge is 0.417 e. The highest BCUT2D eigenvalue weighted by molar-refractivity contribution is 7.99. The molecule has 1 heterocycles. The Hall–Kier alpha value is -1.17. The Morgan fingerprint density at radius 2 is 2.06 bits per heavy atom. The lowest BCUT2D eigenvalue weighted by atomic mass is 10.2. The summed E-state index contributed by atoms with van der Waals surface area (Å²) in [6.07, 6.45) is -4.15. The van der Waals surface area contributed by atoms with Crippen molar-refractivity contribution in [2.75, 3.05) is 11.1 Å². The topological polar surface area (TPSA) is 29.1 Å². The second-order valence-electron chi connectivity index (χ2n) is 3.33. The summed E-state index contributed by atoms with van der Waals surface area (Å²) in [6, 6.07) is 3.82. The standard InChI is InChI=1S/C10H8F3NOS/c11-10(12,13)6-2-1-3-7-9(6)16-5-4-8(15)14-7/h1-3H,4-5H2,(H,14,15). The molecular formula is C10H8F3NOS. The van der Waals surface area contributed by atoms with E-state index in [-0.39, 0.29) is 22.9 Å². The van der Waals surface area contributed by atoms with Crippen molar-refractivity contribution < 1.29 is 18.0 Å².